The molecule has 0 aromatic carbocycles. The van der Waals surface area contributed by atoms with Crippen molar-refractivity contribution in [1.29, 1.82) is 0 Å². The standard InChI is InChI=1S/C11H20N2O3/c1-13(6-5-8-3-2-4-8)10(14)7-9(12)11(15)16/h8-9H,2-7,12H2,1H3,(H,15,16). The van der Waals surface area contributed by atoms with Crippen LogP contribution >= 0.6 is 0 Å². The summed E-state index contributed by atoms with van der Waals surface area (Å²) in [5.41, 5.74) is 5.30. The first-order valence-corrected chi connectivity index (χ1v) is 5.73. The van der Waals surface area contributed by atoms with E-state index in [9.17, 15) is 9.59 Å². The number of nitrogens with two attached hydrogens (primary N) is 1. The van der Waals surface area contributed by atoms with Gasteiger partial charge >= 0.3 is 5.97 Å². The maximum Gasteiger partial charge on any atom is 0.321 e. The van der Waals surface area contributed by atoms with Crippen molar-refractivity contribution in [2.75, 3.05) is 13.6 Å². The molecule has 92 valence electrons. The minimum atomic E-state index is -1.12. The Morgan fingerprint density at radius 1 is 1.50 bits per heavy atom. The van der Waals surface area contributed by atoms with Gasteiger partial charge in [-0.2, -0.15) is 0 Å². The number of carboxylic acid groups (broad SMARTS) is 1. The summed E-state index contributed by atoms with van der Waals surface area (Å²) in [6, 6.07) is -1.08. The Morgan fingerprint density at radius 2 is 2.12 bits per heavy atom. The van der Waals surface area contributed by atoms with E-state index < -0.39 is 12.0 Å². The van der Waals surface area contributed by atoms with Crippen molar-refractivity contribution in [3.63, 3.8) is 0 Å². The molecule has 1 unspecified atom stereocenters. The molecule has 1 fully saturated rings. The summed E-state index contributed by atoms with van der Waals surface area (Å²) in [4.78, 5) is 23.6. The highest BCUT2D eigenvalue weighted by Gasteiger charge is 2.21. The molecule has 0 heterocycles. The van der Waals surface area contributed by atoms with E-state index in [2.05, 4.69) is 0 Å². The van der Waals surface area contributed by atoms with Crippen LogP contribution in [-0.2, 0) is 9.59 Å². The van der Waals surface area contributed by atoms with E-state index in [0.29, 0.717) is 6.54 Å². The average molecular weight is 228 g/mol. The lowest BCUT2D eigenvalue weighted by Crippen LogP contribution is -2.38. The van der Waals surface area contributed by atoms with Crippen LogP contribution in [-0.4, -0.2) is 41.5 Å². The lowest BCUT2D eigenvalue weighted by atomic mass is 9.83. The number of aliphatic carboxylic acids is 1. The highest BCUT2D eigenvalue weighted by molar-refractivity contribution is 5.84. The van der Waals surface area contributed by atoms with E-state index in [0.717, 1.165) is 12.3 Å². The van der Waals surface area contributed by atoms with Crippen molar-refractivity contribution in [2.45, 2.75) is 38.1 Å². The van der Waals surface area contributed by atoms with Crippen molar-refractivity contribution >= 4 is 11.9 Å². The summed E-state index contributed by atoms with van der Waals surface area (Å²) in [5.74, 6) is -0.557. The smallest absolute Gasteiger partial charge is 0.321 e. The Bertz CT molecular complexity index is 264. The van der Waals surface area contributed by atoms with Crippen LogP contribution in [0.3, 0.4) is 0 Å². The first kappa shape index (κ1) is 13.0. The third kappa shape index (κ3) is 3.81. The number of carbonyl (C=O) groups excluding carboxylic acids is 1. The van der Waals surface area contributed by atoms with Gasteiger partial charge in [-0.3, -0.25) is 9.59 Å². The van der Waals surface area contributed by atoms with Crippen LogP contribution in [0, 0.1) is 5.92 Å². The zero-order chi connectivity index (χ0) is 12.1. The first-order valence-electron chi connectivity index (χ1n) is 5.73. The highest BCUT2D eigenvalue weighted by atomic mass is 16.4. The Labute approximate surface area is 95.6 Å². The van der Waals surface area contributed by atoms with E-state index in [1.54, 1.807) is 11.9 Å². The van der Waals surface area contributed by atoms with Gasteiger partial charge in [-0.15, -0.1) is 0 Å². The second kappa shape index (κ2) is 5.84. The fraction of sp³-hybridized carbons (Fsp3) is 0.818. The van der Waals surface area contributed by atoms with Gasteiger partial charge in [-0.1, -0.05) is 19.3 Å². The zero-order valence-corrected chi connectivity index (χ0v) is 9.69. The van der Waals surface area contributed by atoms with Crippen molar-refractivity contribution in [3.8, 4) is 0 Å². The lowest BCUT2D eigenvalue weighted by molar-refractivity contribution is -0.142. The monoisotopic (exact) mass is 228 g/mol. The number of carbonyl (C=O) groups is 2. The minimum Gasteiger partial charge on any atom is -0.480 e. The summed E-state index contributed by atoms with van der Waals surface area (Å²) in [6.45, 7) is 0.704. The van der Waals surface area contributed by atoms with Crippen LogP contribution in [0.4, 0.5) is 0 Å². The van der Waals surface area contributed by atoms with Crippen molar-refractivity contribution in [2.24, 2.45) is 11.7 Å². The van der Waals surface area contributed by atoms with Crippen LogP contribution in [0.5, 0.6) is 0 Å². The molecule has 0 aromatic heterocycles. The van der Waals surface area contributed by atoms with Crippen LogP contribution in [0.1, 0.15) is 32.1 Å². The van der Waals surface area contributed by atoms with Gasteiger partial charge in [0.1, 0.15) is 6.04 Å². The zero-order valence-electron chi connectivity index (χ0n) is 9.69. The molecule has 3 N–H and O–H groups in total. The van der Waals surface area contributed by atoms with E-state index in [1.165, 1.54) is 19.3 Å². The molecular formula is C11H20N2O3. The first-order chi connectivity index (χ1) is 7.50. The van der Waals surface area contributed by atoms with Gasteiger partial charge in [0.05, 0.1) is 6.42 Å². The molecule has 5 nitrogen and oxygen atoms in total. The van der Waals surface area contributed by atoms with Crippen molar-refractivity contribution in [1.82, 2.24) is 4.90 Å². The van der Waals surface area contributed by atoms with Crippen LogP contribution < -0.4 is 5.73 Å². The quantitative estimate of drug-likeness (QED) is 0.691. The van der Waals surface area contributed by atoms with Gasteiger partial charge in [0.25, 0.3) is 0 Å². The van der Waals surface area contributed by atoms with Gasteiger partial charge in [0.2, 0.25) is 5.91 Å². The molecule has 1 amide bonds. The maximum absolute atomic E-state index is 11.6. The van der Waals surface area contributed by atoms with E-state index >= 15 is 0 Å². The topological polar surface area (TPSA) is 83.6 Å². The Morgan fingerprint density at radius 3 is 2.56 bits per heavy atom. The molecule has 5 heteroatoms. The number of amides is 1. The Kier molecular flexibility index (Phi) is 4.73. The third-order valence-electron chi connectivity index (χ3n) is 3.23. The second-order valence-electron chi connectivity index (χ2n) is 4.55. The Balaban J connectivity index is 2.21. The summed E-state index contributed by atoms with van der Waals surface area (Å²) < 4.78 is 0. The van der Waals surface area contributed by atoms with Crippen LogP contribution in [0.2, 0.25) is 0 Å². The molecule has 0 spiro atoms. The number of nitrogens with zero attached hydrogens (tertiary/aromatic N) is 1. The van der Waals surface area contributed by atoms with Gasteiger partial charge in [-0.25, -0.2) is 0 Å². The molecule has 0 radical (unpaired) electrons. The van der Waals surface area contributed by atoms with Crippen LogP contribution in [0.25, 0.3) is 0 Å². The van der Waals surface area contributed by atoms with E-state index in [-0.39, 0.29) is 12.3 Å². The molecule has 0 bridgehead atoms. The molecule has 16 heavy (non-hydrogen) atoms. The SMILES string of the molecule is CN(CCC1CCC1)C(=O)CC(N)C(=O)O. The molecule has 1 aliphatic rings. The number of rotatable bonds is 6. The summed E-state index contributed by atoms with van der Waals surface area (Å²) in [5, 5.41) is 8.58. The second-order valence-corrected chi connectivity index (χ2v) is 4.55. The Hall–Kier alpha value is -1.10. The average Bonchev–Trinajstić information content (AvgIpc) is 2.14. The summed E-state index contributed by atoms with van der Waals surface area (Å²) in [7, 11) is 1.70. The number of hydrogen-bond donors (Lipinski definition) is 2. The van der Waals surface area contributed by atoms with Gasteiger partial charge < -0.3 is 15.7 Å². The molecule has 1 saturated carbocycles. The molecule has 1 atom stereocenters. The van der Waals surface area contributed by atoms with Gasteiger partial charge in [0.15, 0.2) is 0 Å². The third-order valence-corrected chi connectivity index (χ3v) is 3.23. The van der Waals surface area contributed by atoms with Crippen LogP contribution in [0.15, 0.2) is 0 Å². The molecule has 0 saturated heterocycles. The van der Waals surface area contributed by atoms with Gasteiger partial charge in [0, 0.05) is 13.6 Å². The predicted molar refractivity (Wildman–Crippen MR) is 59.8 cm³/mol. The number of carboxylic acids is 1. The summed E-state index contributed by atoms with van der Waals surface area (Å²) in [6.07, 6.45) is 4.72. The van der Waals surface area contributed by atoms with Gasteiger partial charge in [-0.05, 0) is 12.3 Å². The minimum absolute atomic E-state index is 0.115. The maximum atomic E-state index is 11.6. The molecule has 1 rings (SSSR count). The highest BCUT2D eigenvalue weighted by Crippen LogP contribution is 2.29. The number of hydrogen-bond acceptors (Lipinski definition) is 3. The molecular weight excluding hydrogens is 208 g/mol. The predicted octanol–water partition coefficient (Wildman–Crippen LogP) is 0.437. The summed E-state index contributed by atoms with van der Waals surface area (Å²) >= 11 is 0. The normalized spacial score (nSPS) is 17.6. The largest absolute Gasteiger partial charge is 0.480 e. The fourth-order valence-corrected chi connectivity index (χ4v) is 1.71. The van der Waals surface area contributed by atoms with E-state index in [4.69, 9.17) is 10.8 Å². The van der Waals surface area contributed by atoms with Crippen molar-refractivity contribution in [3.05, 3.63) is 0 Å². The molecule has 0 aromatic rings. The molecule has 0 aliphatic heterocycles. The molecule has 1 aliphatic carbocycles. The van der Waals surface area contributed by atoms with Crippen molar-refractivity contribution < 1.29 is 14.7 Å². The fourth-order valence-electron chi connectivity index (χ4n) is 1.71. The van der Waals surface area contributed by atoms with E-state index in [1.807, 2.05) is 0 Å². The lowest BCUT2D eigenvalue weighted by Gasteiger charge is -2.27.